The first kappa shape index (κ1) is 11.0. The van der Waals surface area contributed by atoms with E-state index in [-0.39, 0.29) is 24.2 Å². The molecule has 2 amide bonds. The number of nitrogens with zero attached hydrogens (tertiary/aromatic N) is 2. The van der Waals surface area contributed by atoms with Gasteiger partial charge in [0.2, 0.25) is 11.8 Å². The number of nitrogens with one attached hydrogen (secondary N) is 2. The molecule has 7 heteroatoms. The molecule has 1 fully saturated rings. The molecular formula is C9H9BrN4O2. The summed E-state index contributed by atoms with van der Waals surface area (Å²) in [6.45, 7) is 0.384. The third-order valence-corrected chi connectivity index (χ3v) is 2.63. The maximum atomic E-state index is 11.7. The van der Waals surface area contributed by atoms with Crippen LogP contribution in [0.4, 0.5) is 5.82 Å². The van der Waals surface area contributed by atoms with Gasteiger partial charge in [0.1, 0.15) is 4.60 Å². The molecule has 1 unspecified atom stereocenters. The lowest BCUT2D eigenvalue weighted by Gasteiger charge is -2.07. The smallest absolute Gasteiger partial charge is 0.230 e. The second-order valence-electron chi connectivity index (χ2n) is 3.42. The second-order valence-corrected chi connectivity index (χ2v) is 4.23. The highest BCUT2D eigenvalue weighted by atomic mass is 79.9. The van der Waals surface area contributed by atoms with Gasteiger partial charge in [-0.3, -0.25) is 9.59 Å². The maximum absolute atomic E-state index is 11.7. The average molecular weight is 285 g/mol. The monoisotopic (exact) mass is 284 g/mol. The largest absolute Gasteiger partial charge is 0.355 e. The first-order valence-electron chi connectivity index (χ1n) is 4.70. The molecule has 6 nitrogen and oxygen atoms in total. The highest BCUT2D eigenvalue weighted by Crippen LogP contribution is 2.12. The summed E-state index contributed by atoms with van der Waals surface area (Å²) in [5.41, 5.74) is 0. The van der Waals surface area contributed by atoms with Crippen molar-refractivity contribution in [1.82, 2.24) is 15.3 Å². The molecule has 16 heavy (non-hydrogen) atoms. The molecule has 2 N–H and O–H groups in total. The van der Waals surface area contributed by atoms with Gasteiger partial charge in [-0.2, -0.15) is 0 Å². The number of carbonyl (C=O) groups is 2. The number of anilines is 1. The van der Waals surface area contributed by atoms with Crippen LogP contribution in [0.25, 0.3) is 0 Å². The number of amides is 2. The van der Waals surface area contributed by atoms with Crippen molar-refractivity contribution in [3.63, 3.8) is 0 Å². The number of hydrogen-bond donors (Lipinski definition) is 2. The van der Waals surface area contributed by atoms with Crippen LogP contribution in [0.2, 0.25) is 0 Å². The van der Waals surface area contributed by atoms with E-state index >= 15 is 0 Å². The van der Waals surface area contributed by atoms with Crippen molar-refractivity contribution in [2.45, 2.75) is 6.42 Å². The molecule has 0 bridgehead atoms. The van der Waals surface area contributed by atoms with Crippen molar-refractivity contribution < 1.29 is 9.59 Å². The van der Waals surface area contributed by atoms with Crippen LogP contribution >= 0.6 is 15.9 Å². The Morgan fingerprint density at radius 2 is 2.31 bits per heavy atom. The van der Waals surface area contributed by atoms with Gasteiger partial charge < -0.3 is 10.6 Å². The Balaban J connectivity index is 1.97. The van der Waals surface area contributed by atoms with E-state index < -0.39 is 0 Å². The molecule has 1 aromatic heterocycles. The van der Waals surface area contributed by atoms with E-state index in [4.69, 9.17) is 0 Å². The van der Waals surface area contributed by atoms with E-state index in [0.29, 0.717) is 17.0 Å². The lowest BCUT2D eigenvalue weighted by Crippen LogP contribution is -2.25. The van der Waals surface area contributed by atoms with Gasteiger partial charge in [0, 0.05) is 13.0 Å². The predicted molar refractivity (Wildman–Crippen MR) is 59.5 cm³/mol. The normalized spacial score (nSPS) is 19.3. The molecule has 1 atom stereocenters. The van der Waals surface area contributed by atoms with Crippen molar-refractivity contribution in [1.29, 1.82) is 0 Å². The SMILES string of the molecule is O=C1CC(C(=O)Nc2cnc(Br)cn2)CN1. The van der Waals surface area contributed by atoms with E-state index in [2.05, 4.69) is 36.5 Å². The minimum Gasteiger partial charge on any atom is -0.355 e. The Hall–Kier alpha value is -1.50. The minimum atomic E-state index is -0.321. The van der Waals surface area contributed by atoms with Crippen LogP contribution in [0, 0.1) is 5.92 Å². The molecule has 1 aliphatic heterocycles. The van der Waals surface area contributed by atoms with Gasteiger partial charge >= 0.3 is 0 Å². The van der Waals surface area contributed by atoms with Crippen LogP contribution in [-0.2, 0) is 9.59 Å². The molecule has 0 spiro atoms. The van der Waals surface area contributed by atoms with E-state index in [9.17, 15) is 9.59 Å². The molecule has 0 radical (unpaired) electrons. The van der Waals surface area contributed by atoms with Crippen LogP contribution in [0.3, 0.4) is 0 Å². The molecule has 1 saturated heterocycles. The Bertz CT molecular complexity index is 420. The van der Waals surface area contributed by atoms with Gasteiger partial charge in [-0.15, -0.1) is 0 Å². The molecule has 1 aliphatic rings. The summed E-state index contributed by atoms with van der Waals surface area (Å²) in [5, 5.41) is 5.21. The van der Waals surface area contributed by atoms with E-state index in [1.165, 1.54) is 12.4 Å². The zero-order chi connectivity index (χ0) is 11.5. The summed E-state index contributed by atoms with van der Waals surface area (Å²) in [4.78, 5) is 30.5. The van der Waals surface area contributed by atoms with Crippen LogP contribution < -0.4 is 10.6 Å². The van der Waals surface area contributed by atoms with Gasteiger partial charge in [0.15, 0.2) is 5.82 Å². The number of carbonyl (C=O) groups excluding carboxylic acids is 2. The van der Waals surface area contributed by atoms with Crippen molar-refractivity contribution in [3.8, 4) is 0 Å². The number of aromatic nitrogens is 2. The standard InChI is InChI=1S/C9H9BrN4O2/c10-6-3-12-7(4-11-6)14-9(16)5-1-8(15)13-2-5/h3-5H,1-2H2,(H,13,15)(H,12,14,16). The van der Waals surface area contributed by atoms with Gasteiger partial charge in [0.05, 0.1) is 18.3 Å². The molecule has 0 aromatic carbocycles. The zero-order valence-corrected chi connectivity index (χ0v) is 9.82. The summed E-state index contributed by atoms with van der Waals surface area (Å²) in [6.07, 6.45) is 3.18. The van der Waals surface area contributed by atoms with Crippen LogP contribution in [-0.4, -0.2) is 28.3 Å². The predicted octanol–water partition coefficient (Wildman–Crippen LogP) is 0.314. The summed E-state index contributed by atoms with van der Waals surface area (Å²) in [7, 11) is 0. The van der Waals surface area contributed by atoms with Crippen LogP contribution in [0.5, 0.6) is 0 Å². The highest BCUT2D eigenvalue weighted by molar-refractivity contribution is 9.10. The maximum Gasteiger partial charge on any atom is 0.230 e. The van der Waals surface area contributed by atoms with Gasteiger partial charge in [0.25, 0.3) is 0 Å². The average Bonchev–Trinajstić information content (AvgIpc) is 2.68. The fourth-order valence-corrected chi connectivity index (χ4v) is 1.60. The molecular weight excluding hydrogens is 276 g/mol. The van der Waals surface area contributed by atoms with E-state index in [1.807, 2.05) is 0 Å². The Morgan fingerprint density at radius 3 is 2.88 bits per heavy atom. The minimum absolute atomic E-state index is 0.0953. The lowest BCUT2D eigenvalue weighted by molar-refractivity contribution is -0.123. The van der Waals surface area contributed by atoms with Gasteiger partial charge in [-0.05, 0) is 15.9 Å². The Labute approximate surface area is 100.0 Å². The fourth-order valence-electron chi connectivity index (χ4n) is 1.40. The van der Waals surface area contributed by atoms with Crippen molar-refractivity contribution in [2.75, 3.05) is 11.9 Å². The molecule has 84 valence electrons. The third kappa shape index (κ3) is 2.54. The van der Waals surface area contributed by atoms with E-state index in [0.717, 1.165) is 0 Å². The first-order chi connectivity index (χ1) is 7.65. The van der Waals surface area contributed by atoms with Crippen LogP contribution in [0.15, 0.2) is 17.0 Å². The summed E-state index contributed by atoms with van der Waals surface area (Å²) >= 11 is 3.14. The van der Waals surface area contributed by atoms with Crippen molar-refractivity contribution >= 4 is 33.6 Å². The number of rotatable bonds is 2. The Kier molecular flexibility index (Phi) is 3.14. The molecule has 2 rings (SSSR count). The van der Waals surface area contributed by atoms with Gasteiger partial charge in [-0.25, -0.2) is 9.97 Å². The summed E-state index contributed by atoms with van der Waals surface area (Å²) in [5.74, 6) is -0.248. The van der Waals surface area contributed by atoms with Crippen molar-refractivity contribution in [2.24, 2.45) is 5.92 Å². The third-order valence-electron chi connectivity index (χ3n) is 2.22. The highest BCUT2D eigenvalue weighted by Gasteiger charge is 2.27. The zero-order valence-electron chi connectivity index (χ0n) is 8.24. The number of halogens is 1. The molecule has 0 saturated carbocycles. The molecule has 1 aromatic rings. The molecule has 0 aliphatic carbocycles. The van der Waals surface area contributed by atoms with E-state index in [1.54, 1.807) is 0 Å². The second kappa shape index (κ2) is 4.56. The number of hydrogen-bond acceptors (Lipinski definition) is 4. The lowest BCUT2D eigenvalue weighted by atomic mass is 10.1. The summed E-state index contributed by atoms with van der Waals surface area (Å²) < 4.78 is 0.600. The first-order valence-corrected chi connectivity index (χ1v) is 5.49. The Morgan fingerprint density at radius 1 is 1.50 bits per heavy atom. The van der Waals surface area contributed by atoms with Crippen molar-refractivity contribution in [3.05, 3.63) is 17.0 Å². The quantitative estimate of drug-likeness (QED) is 0.819. The van der Waals surface area contributed by atoms with Gasteiger partial charge in [-0.1, -0.05) is 0 Å². The molecule has 2 heterocycles. The topological polar surface area (TPSA) is 84.0 Å². The summed E-state index contributed by atoms with van der Waals surface area (Å²) in [6, 6.07) is 0. The fraction of sp³-hybridized carbons (Fsp3) is 0.333. The van der Waals surface area contributed by atoms with Crippen LogP contribution in [0.1, 0.15) is 6.42 Å².